The zero-order valence-electron chi connectivity index (χ0n) is 17.9. The van der Waals surface area contributed by atoms with Gasteiger partial charge < -0.3 is 15.7 Å². The summed E-state index contributed by atoms with van der Waals surface area (Å²) >= 11 is 4.83. The van der Waals surface area contributed by atoms with Crippen LogP contribution in [0.5, 0.6) is 0 Å². The van der Waals surface area contributed by atoms with E-state index in [0.717, 1.165) is 22.6 Å². The molecule has 0 aliphatic heterocycles. The summed E-state index contributed by atoms with van der Waals surface area (Å²) in [6, 6.07) is 13.9. The first-order chi connectivity index (χ1) is 15.8. The average Bonchev–Trinajstić information content (AvgIpc) is 2.79. The summed E-state index contributed by atoms with van der Waals surface area (Å²) in [5, 5.41) is 15.8. The van der Waals surface area contributed by atoms with Gasteiger partial charge >= 0.3 is 0 Å². The number of aromatic nitrogens is 2. The van der Waals surface area contributed by atoms with Crippen LogP contribution in [0, 0.1) is 0 Å². The van der Waals surface area contributed by atoms with Crippen molar-refractivity contribution in [1.82, 2.24) is 14.7 Å². The number of hydrogen-bond donors (Lipinski definition) is 4. The molecule has 0 amide bonds. The smallest absolute Gasteiger partial charge is 0.283 e. The van der Waals surface area contributed by atoms with Gasteiger partial charge in [-0.2, -0.15) is 13.8 Å². The second kappa shape index (κ2) is 12.0. The van der Waals surface area contributed by atoms with Crippen molar-refractivity contribution in [2.75, 3.05) is 17.2 Å². The van der Waals surface area contributed by atoms with Crippen molar-refractivity contribution in [2.45, 2.75) is 36.5 Å². The highest BCUT2D eigenvalue weighted by atomic mass is 79.9. The van der Waals surface area contributed by atoms with E-state index in [1.807, 2.05) is 37.3 Å². The number of anilines is 3. The lowest BCUT2D eigenvalue weighted by Crippen LogP contribution is -2.23. The van der Waals surface area contributed by atoms with Crippen molar-refractivity contribution in [1.29, 1.82) is 0 Å². The first kappa shape index (κ1) is 25.8. The Labute approximate surface area is 206 Å². The van der Waals surface area contributed by atoms with Gasteiger partial charge in [0.2, 0.25) is 5.95 Å². The first-order valence-corrected chi connectivity index (χ1v) is 12.4. The molecule has 3 aromatic rings. The van der Waals surface area contributed by atoms with Gasteiger partial charge in [0.05, 0.1) is 17.1 Å². The van der Waals surface area contributed by atoms with Crippen LogP contribution in [0.15, 0.2) is 64.1 Å². The summed E-state index contributed by atoms with van der Waals surface area (Å²) in [5.74, 6) is 1.01. The van der Waals surface area contributed by atoms with E-state index in [0.29, 0.717) is 22.8 Å². The van der Waals surface area contributed by atoms with E-state index in [-0.39, 0.29) is 18.2 Å². The van der Waals surface area contributed by atoms with Crippen molar-refractivity contribution in [3.8, 4) is 0 Å². The largest absolute Gasteiger partial charge is 0.394 e. The molecule has 2 aromatic carbocycles. The first-order valence-electron chi connectivity index (χ1n) is 10.2. The van der Waals surface area contributed by atoms with Gasteiger partial charge in [0.25, 0.3) is 5.66 Å². The Morgan fingerprint density at radius 3 is 2.73 bits per heavy atom. The molecule has 1 heterocycles. The minimum Gasteiger partial charge on any atom is -0.394 e. The molecule has 2 unspecified atom stereocenters. The van der Waals surface area contributed by atoms with E-state index in [9.17, 15) is 13.9 Å². The fourth-order valence-electron chi connectivity index (χ4n) is 2.86. The Balaban J connectivity index is 1.61. The molecule has 33 heavy (non-hydrogen) atoms. The van der Waals surface area contributed by atoms with Gasteiger partial charge in [0.15, 0.2) is 0 Å². The van der Waals surface area contributed by atoms with E-state index >= 15 is 0 Å². The highest BCUT2D eigenvalue weighted by molar-refractivity contribution is 9.10. The van der Waals surface area contributed by atoms with Gasteiger partial charge in [-0.25, -0.2) is 4.98 Å². The monoisotopic (exact) mass is 555 g/mol. The van der Waals surface area contributed by atoms with Crippen molar-refractivity contribution in [3.63, 3.8) is 0 Å². The van der Waals surface area contributed by atoms with E-state index < -0.39 is 5.66 Å². The van der Waals surface area contributed by atoms with Gasteiger partial charge in [-0.3, -0.25) is 4.72 Å². The fraction of sp³-hybridized carbons (Fsp3) is 0.273. The molecule has 2 atom stereocenters. The van der Waals surface area contributed by atoms with Crippen molar-refractivity contribution in [3.05, 3.63) is 70.3 Å². The lowest BCUT2D eigenvalue weighted by atomic mass is 10.1. The summed E-state index contributed by atoms with van der Waals surface area (Å²) in [6.45, 7) is 2.42. The van der Waals surface area contributed by atoms with Crippen LogP contribution in [-0.2, 0) is 12.2 Å². The number of benzene rings is 2. The molecule has 6 nitrogen and oxygen atoms in total. The topological polar surface area (TPSA) is 82.1 Å². The molecule has 176 valence electrons. The lowest BCUT2D eigenvalue weighted by Gasteiger charge is -2.16. The SMILES string of the molecule is CCC(CO)Nc1nc(Nc2cccc(SNCc3cccc(C(F)(F)P)c3)c2)ncc1Br. The van der Waals surface area contributed by atoms with Crippen LogP contribution in [0.4, 0.5) is 26.2 Å². The Bertz CT molecular complexity index is 1070. The summed E-state index contributed by atoms with van der Waals surface area (Å²) in [7, 11) is 1.56. The van der Waals surface area contributed by atoms with E-state index in [4.69, 9.17) is 0 Å². The minimum absolute atomic E-state index is 0.00605. The average molecular weight is 556 g/mol. The maximum absolute atomic E-state index is 13.5. The van der Waals surface area contributed by atoms with E-state index in [1.165, 1.54) is 24.1 Å². The minimum atomic E-state index is -2.94. The quantitative estimate of drug-likeness (QED) is 0.173. The number of rotatable bonds is 11. The molecule has 1 aromatic heterocycles. The molecule has 0 bridgehead atoms. The Hall–Kier alpha value is -1.84. The van der Waals surface area contributed by atoms with Crippen LogP contribution >= 0.6 is 37.1 Å². The van der Waals surface area contributed by atoms with Crippen LogP contribution in [0.1, 0.15) is 24.5 Å². The molecule has 0 aliphatic carbocycles. The molecular formula is C22H25BrF2N5OPS. The third-order valence-electron chi connectivity index (χ3n) is 4.67. The highest BCUT2D eigenvalue weighted by Crippen LogP contribution is 2.35. The van der Waals surface area contributed by atoms with Gasteiger partial charge in [-0.1, -0.05) is 40.4 Å². The number of aliphatic hydroxyl groups excluding tert-OH is 1. The number of alkyl halides is 2. The number of nitrogens with one attached hydrogen (secondary N) is 3. The maximum atomic E-state index is 13.5. The molecule has 0 aliphatic rings. The summed E-state index contributed by atoms with van der Waals surface area (Å²) in [5.41, 5.74) is -1.40. The summed E-state index contributed by atoms with van der Waals surface area (Å²) in [6.07, 6.45) is 2.40. The molecule has 3 rings (SSSR count). The summed E-state index contributed by atoms with van der Waals surface area (Å²) < 4.78 is 30.9. The van der Waals surface area contributed by atoms with Crippen molar-refractivity contribution < 1.29 is 13.9 Å². The predicted molar refractivity (Wildman–Crippen MR) is 137 cm³/mol. The molecule has 11 heteroatoms. The molecule has 0 fully saturated rings. The van der Waals surface area contributed by atoms with Crippen LogP contribution in [0.2, 0.25) is 0 Å². The van der Waals surface area contributed by atoms with Crippen molar-refractivity contribution >= 4 is 54.6 Å². The number of nitrogens with zero attached hydrogens (tertiary/aromatic N) is 2. The highest BCUT2D eigenvalue weighted by Gasteiger charge is 2.24. The van der Waals surface area contributed by atoms with Crippen LogP contribution in [-0.4, -0.2) is 27.7 Å². The Kier molecular flexibility index (Phi) is 9.40. The van der Waals surface area contributed by atoms with Crippen LogP contribution < -0.4 is 15.4 Å². The van der Waals surface area contributed by atoms with E-state index in [2.05, 4.69) is 41.3 Å². The third-order valence-corrected chi connectivity index (χ3v) is 6.36. The van der Waals surface area contributed by atoms with Crippen LogP contribution in [0.3, 0.4) is 0 Å². The van der Waals surface area contributed by atoms with E-state index in [1.54, 1.807) is 21.5 Å². The van der Waals surface area contributed by atoms with Gasteiger partial charge in [-0.15, -0.1) is 0 Å². The Morgan fingerprint density at radius 1 is 1.21 bits per heavy atom. The Morgan fingerprint density at radius 2 is 2.00 bits per heavy atom. The van der Waals surface area contributed by atoms with Crippen LogP contribution in [0.25, 0.3) is 0 Å². The fourth-order valence-corrected chi connectivity index (χ4v) is 4.08. The number of hydrogen-bond acceptors (Lipinski definition) is 7. The number of halogens is 3. The van der Waals surface area contributed by atoms with Gasteiger partial charge in [0.1, 0.15) is 5.82 Å². The normalized spacial score (nSPS) is 12.4. The second-order valence-corrected chi connectivity index (χ2v) is 9.77. The summed E-state index contributed by atoms with van der Waals surface area (Å²) in [4.78, 5) is 9.72. The molecule has 4 N–H and O–H groups in total. The molecule has 0 spiro atoms. The number of aliphatic hydroxyl groups is 1. The zero-order valence-corrected chi connectivity index (χ0v) is 21.4. The maximum Gasteiger partial charge on any atom is 0.283 e. The molecular weight excluding hydrogens is 531 g/mol. The van der Waals surface area contributed by atoms with Crippen molar-refractivity contribution in [2.24, 2.45) is 0 Å². The molecule has 0 saturated carbocycles. The third kappa shape index (κ3) is 7.86. The van der Waals surface area contributed by atoms with Gasteiger partial charge in [-0.05, 0) is 64.1 Å². The molecule has 0 radical (unpaired) electrons. The second-order valence-electron chi connectivity index (χ2n) is 7.22. The molecule has 0 saturated heterocycles. The standard InChI is InChI=1S/C22H25BrF2N5OPS/c1-2-16(13-31)28-20-19(23)12-26-21(30-20)29-17-7-4-8-18(10-17)33-27-11-14-5-3-6-15(9-14)22(24,25)32/h3-10,12,16,27,31H,2,11,13,32H2,1H3,(H2,26,28,29,30). The predicted octanol–water partition coefficient (Wildman–Crippen LogP) is 5.89. The van der Waals surface area contributed by atoms with Gasteiger partial charge in [0, 0.05) is 28.9 Å². The zero-order chi connectivity index (χ0) is 23.8. The lowest BCUT2D eigenvalue weighted by molar-refractivity contribution is 0.104.